The smallest absolute Gasteiger partial charge is 0.379 e. The molecule has 0 aliphatic carbocycles. The number of anilines is 1. The lowest BCUT2D eigenvalue weighted by molar-refractivity contribution is -0.141. The highest BCUT2D eigenvalue weighted by Crippen LogP contribution is 2.32. The molecule has 3 aromatic rings. The quantitative estimate of drug-likeness (QED) is 0.708. The number of nitriles is 1. The van der Waals surface area contributed by atoms with Crippen molar-refractivity contribution in [3.8, 4) is 11.8 Å². The van der Waals surface area contributed by atoms with Crippen LogP contribution in [0.5, 0.6) is 0 Å². The van der Waals surface area contributed by atoms with Crippen LogP contribution in [0.1, 0.15) is 17.7 Å². The van der Waals surface area contributed by atoms with Crippen molar-refractivity contribution in [1.82, 2.24) is 14.9 Å². The van der Waals surface area contributed by atoms with Crippen molar-refractivity contribution in [2.75, 3.05) is 18.4 Å². The summed E-state index contributed by atoms with van der Waals surface area (Å²) >= 11 is 0. The van der Waals surface area contributed by atoms with Crippen molar-refractivity contribution in [2.45, 2.75) is 18.6 Å². The maximum absolute atomic E-state index is 13.3. The van der Waals surface area contributed by atoms with Gasteiger partial charge in [-0.15, -0.1) is 0 Å². The first-order valence-corrected chi connectivity index (χ1v) is 9.00. The van der Waals surface area contributed by atoms with E-state index in [2.05, 4.69) is 15.6 Å². The Balaban J connectivity index is 2.06. The first kappa shape index (κ1) is 19.0. The number of aromatic nitrogens is 2. The van der Waals surface area contributed by atoms with Crippen molar-refractivity contribution in [3.63, 3.8) is 0 Å². The van der Waals surface area contributed by atoms with E-state index in [1.165, 1.54) is 6.07 Å². The van der Waals surface area contributed by atoms with Gasteiger partial charge in [-0.05, 0) is 37.2 Å². The van der Waals surface area contributed by atoms with Crippen molar-refractivity contribution in [1.29, 1.82) is 5.26 Å². The molecule has 9 heteroatoms. The Morgan fingerprint density at radius 3 is 2.59 bits per heavy atom. The van der Waals surface area contributed by atoms with Gasteiger partial charge in [0, 0.05) is 18.0 Å². The Hall–Kier alpha value is -3.38. The molecule has 0 amide bonds. The van der Waals surface area contributed by atoms with Gasteiger partial charge in [-0.25, -0.2) is 4.98 Å². The monoisotopic (exact) mass is 399 g/mol. The molecule has 148 valence electrons. The summed E-state index contributed by atoms with van der Waals surface area (Å²) < 4.78 is 41.0. The predicted molar refractivity (Wildman–Crippen MR) is 102 cm³/mol. The van der Waals surface area contributed by atoms with Crippen LogP contribution in [0.25, 0.3) is 16.7 Å². The van der Waals surface area contributed by atoms with E-state index in [9.17, 15) is 23.2 Å². The molecule has 0 radical (unpaired) electrons. The molecule has 2 aromatic heterocycles. The van der Waals surface area contributed by atoms with E-state index in [0.717, 1.165) is 23.6 Å². The van der Waals surface area contributed by atoms with E-state index < -0.39 is 17.4 Å². The third-order valence-electron chi connectivity index (χ3n) is 4.85. The van der Waals surface area contributed by atoms with Crippen LogP contribution in [-0.2, 0) is 6.18 Å². The molecule has 2 N–H and O–H groups in total. The summed E-state index contributed by atoms with van der Waals surface area (Å²) in [6.07, 6.45) is -3.90. The van der Waals surface area contributed by atoms with Crippen molar-refractivity contribution in [2.24, 2.45) is 0 Å². The summed E-state index contributed by atoms with van der Waals surface area (Å²) in [5, 5.41) is 16.3. The SMILES string of the molecule is N#Cc1c(N[C@@H]2CCNC2)c2ccc(C(F)(F)F)nc2n(-c2ccccc2)c1=O. The van der Waals surface area contributed by atoms with Gasteiger partial charge in [0.05, 0.1) is 11.4 Å². The average Bonchev–Trinajstić information content (AvgIpc) is 3.21. The molecule has 6 nitrogen and oxygen atoms in total. The fourth-order valence-corrected chi connectivity index (χ4v) is 3.47. The number of hydrogen-bond donors (Lipinski definition) is 2. The van der Waals surface area contributed by atoms with Gasteiger partial charge in [-0.2, -0.15) is 18.4 Å². The second-order valence-electron chi connectivity index (χ2n) is 6.74. The van der Waals surface area contributed by atoms with Gasteiger partial charge >= 0.3 is 6.18 Å². The molecular weight excluding hydrogens is 383 g/mol. The van der Waals surface area contributed by atoms with Crippen LogP contribution in [0.15, 0.2) is 47.3 Å². The van der Waals surface area contributed by atoms with E-state index in [1.54, 1.807) is 30.3 Å². The van der Waals surface area contributed by atoms with Crippen LogP contribution in [-0.4, -0.2) is 28.7 Å². The number of alkyl halides is 3. The number of fused-ring (bicyclic) bond motifs is 1. The first-order valence-electron chi connectivity index (χ1n) is 9.00. The lowest BCUT2D eigenvalue weighted by Gasteiger charge is -2.19. The van der Waals surface area contributed by atoms with Crippen molar-refractivity contribution in [3.05, 3.63) is 64.1 Å². The van der Waals surface area contributed by atoms with E-state index in [0.29, 0.717) is 12.2 Å². The molecule has 1 fully saturated rings. The van der Waals surface area contributed by atoms with Gasteiger partial charge < -0.3 is 10.6 Å². The number of para-hydroxylation sites is 1. The maximum atomic E-state index is 13.3. The van der Waals surface area contributed by atoms with E-state index in [-0.39, 0.29) is 28.3 Å². The van der Waals surface area contributed by atoms with E-state index in [4.69, 9.17) is 0 Å². The first-order chi connectivity index (χ1) is 13.9. The summed E-state index contributed by atoms with van der Waals surface area (Å²) in [5.74, 6) is 0. The van der Waals surface area contributed by atoms with E-state index >= 15 is 0 Å². The number of rotatable bonds is 3. The fraction of sp³-hybridized carbons (Fsp3) is 0.250. The van der Waals surface area contributed by atoms with Crippen molar-refractivity contribution < 1.29 is 13.2 Å². The van der Waals surface area contributed by atoms with Crippen LogP contribution in [0.2, 0.25) is 0 Å². The number of nitrogens with zero attached hydrogens (tertiary/aromatic N) is 3. The molecule has 29 heavy (non-hydrogen) atoms. The van der Waals surface area contributed by atoms with Crippen LogP contribution < -0.4 is 16.2 Å². The van der Waals surface area contributed by atoms with Crippen LogP contribution in [0.3, 0.4) is 0 Å². The lowest BCUT2D eigenvalue weighted by Crippen LogP contribution is -2.28. The van der Waals surface area contributed by atoms with Crippen molar-refractivity contribution >= 4 is 16.7 Å². The zero-order chi connectivity index (χ0) is 20.6. The molecule has 1 aromatic carbocycles. The molecule has 0 bridgehead atoms. The van der Waals surface area contributed by atoms with Gasteiger partial charge in [0.1, 0.15) is 23.0 Å². The van der Waals surface area contributed by atoms with Crippen LogP contribution >= 0.6 is 0 Å². The summed E-state index contributed by atoms with van der Waals surface area (Å²) in [6.45, 7) is 1.40. The Morgan fingerprint density at radius 2 is 1.97 bits per heavy atom. The molecule has 0 saturated carbocycles. The van der Waals surface area contributed by atoms with Gasteiger partial charge in [0.2, 0.25) is 0 Å². The molecule has 3 heterocycles. The number of hydrogen-bond acceptors (Lipinski definition) is 5. The minimum atomic E-state index is -4.66. The summed E-state index contributed by atoms with van der Waals surface area (Å²) in [4.78, 5) is 16.9. The van der Waals surface area contributed by atoms with Crippen LogP contribution in [0, 0.1) is 11.3 Å². The van der Waals surface area contributed by atoms with E-state index in [1.807, 2.05) is 6.07 Å². The second kappa shape index (κ2) is 7.22. The third kappa shape index (κ3) is 3.43. The highest BCUT2D eigenvalue weighted by molar-refractivity contribution is 5.93. The number of nitrogens with one attached hydrogen (secondary N) is 2. The molecular formula is C20H16F3N5O. The standard InChI is InChI=1S/C20H16F3N5O/c21-20(22,23)16-7-6-14-17(26-12-8-9-25-11-12)15(10-24)19(29)28(18(14)27-16)13-4-2-1-3-5-13/h1-7,12,25-26H,8-9,11H2/t12-/m1/s1. The largest absolute Gasteiger partial charge is 0.433 e. The summed E-state index contributed by atoms with van der Waals surface area (Å²) in [7, 11) is 0. The molecule has 4 rings (SSSR count). The molecule has 0 unspecified atom stereocenters. The van der Waals surface area contributed by atoms with Crippen LogP contribution in [0.4, 0.5) is 18.9 Å². The topological polar surface area (TPSA) is 82.7 Å². The third-order valence-corrected chi connectivity index (χ3v) is 4.85. The normalized spacial score (nSPS) is 16.7. The molecule has 1 atom stereocenters. The zero-order valence-electron chi connectivity index (χ0n) is 15.1. The van der Waals surface area contributed by atoms with Gasteiger partial charge in [-0.1, -0.05) is 18.2 Å². The Morgan fingerprint density at radius 1 is 1.21 bits per heavy atom. The highest BCUT2D eigenvalue weighted by atomic mass is 19.4. The second-order valence-corrected chi connectivity index (χ2v) is 6.74. The minimum absolute atomic E-state index is 0.0421. The van der Waals surface area contributed by atoms with Gasteiger partial charge in [0.15, 0.2) is 0 Å². The Labute approximate surface area is 163 Å². The summed E-state index contributed by atoms with van der Waals surface area (Å²) in [6, 6.07) is 12.2. The van der Waals surface area contributed by atoms with Gasteiger partial charge in [-0.3, -0.25) is 9.36 Å². The minimum Gasteiger partial charge on any atom is -0.379 e. The highest BCUT2D eigenvalue weighted by Gasteiger charge is 2.33. The lowest BCUT2D eigenvalue weighted by atomic mass is 10.1. The molecule has 0 spiro atoms. The average molecular weight is 399 g/mol. The number of benzene rings is 1. The predicted octanol–water partition coefficient (Wildman–Crippen LogP) is 3.05. The Kier molecular flexibility index (Phi) is 4.72. The zero-order valence-corrected chi connectivity index (χ0v) is 15.1. The number of halogens is 3. The number of pyridine rings is 2. The Bertz CT molecular complexity index is 1160. The molecule has 1 saturated heterocycles. The summed E-state index contributed by atoms with van der Waals surface area (Å²) in [5.41, 5.74) is -1.58. The fourth-order valence-electron chi connectivity index (χ4n) is 3.47. The molecule has 1 aliphatic rings. The maximum Gasteiger partial charge on any atom is 0.433 e. The van der Waals surface area contributed by atoms with Gasteiger partial charge in [0.25, 0.3) is 5.56 Å². The molecule has 1 aliphatic heterocycles.